The van der Waals surface area contributed by atoms with Gasteiger partial charge >= 0.3 is 0 Å². The maximum atomic E-state index is 13.3. The number of hydrogen-bond donors (Lipinski definition) is 1. The van der Waals surface area contributed by atoms with Gasteiger partial charge in [-0.25, -0.2) is 13.8 Å². The molecule has 0 radical (unpaired) electrons. The smallest absolute Gasteiger partial charge is 0.243 e. The molecule has 0 fully saturated rings. The topological polar surface area (TPSA) is 48.1 Å². The minimum absolute atomic E-state index is 0.107. The molecule has 17 heavy (non-hydrogen) atoms. The van der Waals surface area contributed by atoms with E-state index in [0.29, 0.717) is 5.69 Å². The molecule has 2 aromatic rings. The highest BCUT2D eigenvalue weighted by Gasteiger charge is 2.10. The summed E-state index contributed by atoms with van der Waals surface area (Å²) in [5, 5.41) is 0. The quantitative estimate of drug-likeness (QED) is 0.871. The van der Waals surface area contributed by atoms with Crippen LogP contribution in [0.1, 0.15) is 5.56 Å². The Balaban J connectivity index is 2.35. The molecule has 1 heterocycles. The van der Waals surface area contributed by atoms with Gasteiger partial charge in [0.25, 0.3) is 0 Å². The first-order valence-electron chi connectivity index (χ1n) is 4.92. The highest BCUT2D eigenvalue weighted by molar-refractivity contribution is 5.55. The molecule has 2 N–H and O–H groups in total. The van der Waals surface area contributed by atoms with Gasteiger partial charge in [0, 0.05) is 12.3 Å². The van der Waals surface area contributed by atoms with Crippen molar-refractivity contribution in [3.63, 3.8) is 0 Å². The highest BCUT2D eigenvalue weighted by Crippen LogP contribution is 2.28. The maximum absolute atomic E-state index is 13.3. The summed E-state index contributed by atoms with van der Waals surface area (Å²) in [7, 11) is 0. The van der Waals surface area contributed by atoms with Crippen LogP contribution in [0.4, 0.5) is 14.5 Å². The Labute approximate surface area is 96.9 Å². The van der Waals surface area contributed by atoms with E-state index in [2.05, 4.69) is 4.98 Å². The van der Waals surface area contributed by atoms with Crippen LogP contribution in [0.25, 0.3) is 0 Å². The molecule has 0 saturated heterocycles. The molecule has 0 amide bonds. The van der Waals surface area contributed by atoms with E-state index in [4.69, 9.17) is 10.5 Å². The standard InChI is InChI=1S/C12H10F2N2O/c1-7-4-5-16-12(11(7)15)17-10-3-2-8(13)6-9(10)14/h2-6H,15H2,1H3. The van der Waals surface area contributed by atoms with Gasteiger partial charge in [0.2, 0.25) is 5.88 Å². The molecule has 0 saturated carbocycles. The van der Waals surface area contributed by atoms with Gasteiger partial charge in [0.05, 0.1) is 5.69 Å². The molecule has 1 aromatic heterocycles. The van der Waals surface area contributed by atoms with Crippen molar-refractivity contribution in [1.29, 1.82) is 0 Å². The Bertz CT molecular complexity index is 558. The highest BCUT2D eigenvalue weighted by atomic mass is 19.1. The third kappa shape index (κ3) is 2.33. The number of rotatable bonds is 2. The van der Waals surface area contributed by atoms with Crippen LogP contribution in [0, 0.1) is 18.6 Å². The minimum atomic E-state index is -0.798. The van der Waals surface area contributed by atoms with Crippen LogP contribution < -0.4 is 10.5 Å². The molecule has 1 aromatic carbocycles. The predicted octanol–water partition coefficient (Wildman–Crippen LogP) is 3.04. The first-order valence-corrected chi connectivity index (χ1v) is 4.92. The van der Waals surface area contributed by atoms with Gasteiger partial charge in [-0.2, -0.15) is 0 Å². The van der Waals surface area contributed by atoms with Crippen molar-refractivity contribution < 1.29 is 13.5 Å². The number of nitrogens with two attached hydrogens (primary N) is 1. The molecule has 0 aliphatic rings. The third-order valence-electron chi connectivity index (χ3n) is 2.27. The van der Waals surface area contributed by atoms with Crippen molar-refractivity contribution in [1.82, 2.24) is 4.98 Å². The van der Waals surface area contributed by atoms with Gasteiger partial charge < -0.3 is 10.5 Å². The Morgan fingerprint density at radius 3 is 2.71 bits per heavy atom. The first kappa shape index (κ1) is 11.3. The van der Waals surface area contributed by atoms with E-state index in [1.54, 1.807) is 13.0 Å². The lowest BCUT2D eigenvalue weighted by Gasteiger charge is -2.09. The Morgan fingerprint density at radius 2 is 2.00 bits per heavy atom. The van der Waals surface area contributed by atoms with Crippen LogP contribution in [0.2, 0.25) is 0 Å². The van der Waals surface area contributed by atoms with Crippen molar-refractivity contribution in [2.75, 3.05) is 5.73 Å². The molecule has 2 rings (SSSR count). The second-order valence-corrected chi connectivity index (χ2v) is 3.52. The average molecular weight is 236 g/mol. The number of ether oxygens (including phenoxy) is 1. The molecule has 3 nitrogen and oxygen atoms in total. The van der Waals surface area contributed by atoms with E-state index < -0.39 is 11.6 Å². The lowest BCUT2D eigenvalue weighted by Crippen LogP contribution is -1.98. The second kappa shape index (κ2) is 4.37. The Morgan fingerprint density at radius 1 is 1.24 bits per heavy atom. The molecule has 5 heteroatoms. The van der Waals surface area contributed by atoms with Crippen molar-refractivity contribution in [2.24, 2.45) is 0 Å². The molecule has 0 aliphatic carbocycles. The zero-order chi connectivity index (χ0) is 12.4. The normalized spacial score (nSPS) is 10.3. The minimum Gasteiger partial charge on any atom is -0.434 e. The first-order chi connectivity index (χ1) is 8.08. The van der Waals surface area contributed by atoms with Crippen molar-refractivity contribution in [3.8, 4) is 11.6 Å². The number of benzene rings is 1. The summed E-state index contributed by atoms with van der Waals surface area (Å²) in [6, 6.07) is 4.74. The van der Waals surface area contributed by atoms with Crippen LogP contribution >= 0.6 is 0 Å². The van der Waals surface area contributed by atoms with E-state index in [0.717, 1.165) is 17.7 Å². The van der Waals surface area contributed by atoms with Crippen molar-refractivity contribution in [3.05, 3.63) is 47.7 Å². The van der Waals surface area contributed by atoms with E-state index in [-0.39, 0.29) is 11.6 Å². The fourth-order valence-corrected chi connectivity index (χ4v) is 1.29. The molecule has 0 atom stereocenters. The van der Waals surface area contributed by atoms with Gasteiger partial charge in [-0.15, -0.1) is 0 Å². The SMILES string of the molecule is Cc1ccnc(Oc2ccc(F)cc2F)c1N. The summed E-state index contributed by atoms with van der Waals surface area (Å²) < 4.78 is 31.2. The third-order valence-corrected chi connectivity index (χ3v) is 2.27. The van der Waals surface area contributed by atoms with E-state index >= 15 is 0 Å². The number of nitrogen functional groups attached to an aromatic ring is 1. The van der Waals surface area contributed by atoms with Crippen molar-refractivity contribution in [2.45, 2.75) is 6.92 Å². The summed E-state index contributed by atoms with van der Waals surface area (Å²) in [4.78, 5) is 3.89. The van der Waals surface area contributed by atoms with Gasteiger partial charge in [-0.05, 0) is 30.7 Å². The van der Waals surface area contributed by atoms with Gasteiger partial charge in [0.15, 0.2) is 11.6 Å². The van der Waals surface area contributed by atoms with Crippen LogP contribution in [0.5, 0.6) is 11.6 Å². The largest absolute Gasteiger partial charge is 0.434 e. The molecule has 0 aliphatic heterocycles. The van der Waals surface area contributed by atoms with Gasteiger partial charge in [-0.1, -0.05) is 0 Å². The summed E-state index contributed by atoms with van der Waals surface area (Å²) in [5.41, 5.74) is 6.83. The summed E-state index contributed by atoms with van der Waals surface area (Å²) in [6.45, 7) is 1.78. The number of aromatic nitrogens is 1. The molecule has 0 unspecified atom stereocenters. The lowest BCUT2D eigenvalue weighted by atomic mass is 10.2. The summed E-state index contributed by atoms with van der Waals surface area (Å²) in [6.07, 6.45) is 1.50. The molecule has 88 valence electrons. The number of halogens is 2. The van der Waals surface area contributed by atoms with Crippen LogP contribution in [-0.2, 0) is 0 Å². The maximum Gasteiger partial charge on any atom is 0.243 e. The molecule has 0 bridgehead atoms. The van der Waals surface area contributed by atoms with Crippen LogP contribution in [0.15, 0.2) is 30.5 Å². The van der Waals surface area contributed by atoms with Crippen LogP contribution in [0.3, 0.4) is 0 Å². The number of pyridine rings is 1. The van der Waals surface area contributed by atoms with E-state index in [1.807, 2.05) is 0 Å². The number of hydrogen-bond acceptors (Lipinski definition) is 3. The number of nitrogens with zero attached hydrogens (tertiary/aromatic N) is 1. The zero-order valence-electron chi connectivity index (χ0n) is 9.08. The number of anilines is 1. The van der Waals surface area contributed by atoms with Crippen molar-refractivity contribution >= 4 is 5.69 Å². The lowest BCUT2D eigenvalue weighted by molar-refractivity contribution is 0.425. The molecular weight excluding hydrogens is 226 g/mol. The monoisotopic (exact) mass is 236 g/mol. The summed E-state index contributed by atoms with van der Waals surface area (Å²) in [5.74, 6) is -1.47. The number of aryl methyl sites for hydroxylation is 1. The predicted molar refractivity (Wildman–Crippen MR) is 59.8 cm³/mol. The molecule has 0 spiro atoms. The fraction of sp³-hybridized carbons (Fsp3) is 0.0833. The summed E-state index contributed by atoms with van der Waals surface area (Å²) >= 11 is 0. The average Bonchev–Trinajstić information content (AvgIpc) is 2.28. The fourth-order valence-electron chi connectivity index (χ4n) is 1.29. The Hall–Kier alpha value is -2.17. The van der Waals surface area contributed by atoms with Gasteiger partial charge in [-0.3, -0.25) is 0 Å². The van der Waals surface area contributed by atoms with Crippen LogP contribution in [-0.4, -0.2) is 4.98 Å². The molecular formula is C12H10F2N2O. The Kier molecular flexibility index (Phi) is 2.91. The van der Waals surface area contributed by atoms with E-state index in [1.165, 1.54) is 12.3 Å². The van der Waals surface area contributed by atoms with Gasteiger partial charge in [0.1, 0.15) is 5.82 Å². The van der Waals surface area contributed by atoms with E-state index in [9.17, 15) is 8.78 Å². The zero-order valence-corrected chi connectivity index (χ0v) is 9.08. The second-order valence-electron chi connectivity index (χ2n) is 3.52.